The molecule has 1 heterocycles. The van der Waals surface area contributed by atoms with E-state index < -0.39 is 23.8 Å². The monoisotopic (exact) mass is 351 g/mol. The third-order valence-electron chi connectivity index (χ3n) is 3.98. The number of carbonyl (C=O) groups excluding carboxylic acids is 3. The van der Waals surface area contributed by atoms with Crippen LogP contribution in [0.2, 0.25) is 0 Å². The lowest BCUT2D eigenvalue weighted by Gasteiger charge is -2.29. The number of barbiturate groups is 1. The van der Waals surface area contributed by atoms with E-state index in [1.165, 1.54) is 13.3 Å². The molecule has 0 unspecified atom stereocenters. The number of ether oxygens (including phenoxy) is 1. The van der Waals surface area contributed by atoms with Crippen LogP contribution in [0.1, 0.15) is 5.56 Å². The van der Waals surface area contributed by atoms with Crippen LogP contribution in [0.3, 0.4) is 0 Å². The normalized spacial score (nSPS) is 17.5. The Labute approximate surface area is 150 Å². The first-order valence-electron chi connectivity index (χ1n) is 7.94. The van der Waals surface area contributed by atoms with E-state index in [2.05, 4.69) is 10.3 Å². The molecule has 1 aliphatic rings. The maximum absolute atomic E-state index is 12.8. The van der Waals surface area contributed by atoms with E-state index in [9.17, 15) is 14.4 Å². The number of anilines is 1. The number of aryl methyl sites for hydroxylation is 1. The second-order valence-corrected chi connectivity index (χ2v) is 5.71. The number of rotatable bonds is 4. The van der Waals surface area contributed by atoms with Gasteiger partial charge in [0.15, 0.2) is 5.92 Å². The Morgan fingerprint density at radius 2 is 1.88 bits per heavy atom. The number of imide groups is 2. The summed E-state index contributed by atoms with van der Waals surface area (Å²) in [5.74, 6) is -1.93. The molecule has 2 aromatic rings. The molecule has 26 heavy (non-hydrogen) atoms. The van der Waals surface area contributed by atoms with Crippen molar-refractivity contribution in [2.45, 2.75) is 6.92 Å². The van der Waals surface area contributed by atoms with Gasteiger partial charge in [-0.05, 0) is 30.7 Å². The Bertz CT molecular complexity index is 907. The Balaban J connectivity index is 1.90. The lowest BCUT2D eigenvalue weighted by molar-refractivity contribution is -0.131. The van der Waals surface area contributed by atoms with Crippen molar-refractivity contribution >= 4 is 35.4 Å². The lowest BCUT2D eigenvalue weighted by atomic mass is 10.0. The molecule has 0 aromatic heterocycles. The van der Waals surface area contributed by atoms with Gasteiger partial charge in [0.2, 0.25) is 5.91 Å². The minimum atomic E-state index is -1.20. The van der Waals surface area contributed by atoms with Crippen molar-refractivity contribution in [2.24, 2.45) is 10.9 Å². The summed E-state index contributed by atoms with van der Waals surface area (Å²) in [5.41, 5.74) is 1.71. The van der Waals surface area contributed by atoms with Crippen LogP contribution in [-0.4, -0.2) is 31.2 Å². The minimum absolute atomic E-state index is 0.433. The highest BCUT2D eigenvalue weighted by Gasteiger charge is 2.40. The van der Waals surface area contributed by atoms with Crippen LogP contribution in [0.5, 0.6) is 5.75 Å². The van der Waals surface area contributed by atoms with Gasteiger partial charge in [-0.15, -0.1) is 0 Å². The number of methoxy groups -OCH3 is 1. The molecule has 1 N–H and O–H groups in total. The summed E-state index contributed by atoms with van der Waals surface area (Å²) in [7, 11) is 1.53. The van der Waals surface area contributed by atoms with E-state index in [1.54, 1.807) is 55.5 Å². The average molecular weight is 351 g/mol. The molecule has 2 aromatic carbocycles. The van der Waals surface area contributed by atoms with Crippen LogP contribution in [-0.2, 0) is 9.59 Å². The molecule has 132 valence electrons. The first kappa shape index (κ1) is 17.3. The average Bonchev–Trinajstić information content (AvgIpc) is 2.63. The molecular formula is C19H17N3O4. The number of carbonyl (C=O) groups is 3. The molecule has 0 radical (unpaired) electrons. The molecule has 4 amide bonds. The van der Waals surface area contributed by atoms with E-state index >= 15 is 0 Å². The molecule has 1 saturated heterocycles. The van der Waals surface area contributed by atoms with Crippen LogP contribution in [0.25, 0.3) is 0 Å². The number of amides is 4. The van der Waals surface area contributed by atoms with Gasteiger partial charge in [-0.25, -0.2) is 9.69 Å². The van der Waals surface area contributed by atoms with E-state index in [1.807, 2.05) is 0 Å². The molecule has 7 nitrogen and oxygen atoms in total. The summed E-state index contributed by atoms with van der Waals surface area (Å²) in [5, 5.41) is 2.21. The number of hydrogen-bond acceptors (Lipinski definition) is 5. The first-order chi connectivity index (χ1) is 12.5. The molecule has 1 fully saturated rings. The SMILES string of the molecule is COc1cccc(N=C[C@@H]2C(=O)NC(=O)N(c3ccccc3C)C2=O)c1. The second kappa shape index (κ2) is 7.18. The molecule has 0 aliphatic carbocycles. The van der Waals surface area contributed by atoms with Gasteiger partial charge in [-0.1, -0.05) is 24.3 Å². The van der Waals surface area contributed by atoms with Gasteiger partial charge < -0.3 is 4.74 Å². The van der Waals surface area contributed by atoms with Gasteiger partial charge in [-0.3, -0.25) is 19.9 Å². The highest BCUT2D eigenvalue weighted by atomic mass is 16.5. The van der Waals surface area contributed by atoms with Crippen LogP contribution in [0.15, 0.2) is 53.5 Å². The summed E-state index contributed by atoms with van der Waals surface area (Å²) in [6.45, 7) is 1.78. The van der Waals surface area contributed by atoms with E-state index in [0.717, 1.165) is 10.5 Å². The molecule has 3 rings (SSSR count). The van der Waals surface area contributed by atoms with Gasteiger partial charge in [0, 0.05) is 12.3 Å². The third kappa shape index (κ3) is 3.32. The van der Waals surface area contributed by atoms with Crippen molar-refractivity contribution in [2.75, 3.05) is 12.0 Å². The zero-order valence-corrected chi connectivity index (χ0v) is 14.3. The number of nitrogens with one attached hydrogen (secondary N) is 1. The maximum atomic E-state index is 12.8. The molecule has 0 saturated carbocycles. The van der Waals surface area contributed by atoms with Gasteiger partial charge in [0.05, 0.1) is 18.5 Å². The second-order valence-electron chi connectivity index (χ2n) is 5.71. The van der Waals surface area contributed by atoms with E-state index in [-0.39, 0.29) is 0 Å². The summed E-state index contributed by atoms with van der Waals surface area (Å²) in [4.78, 5) is 42.2. The highest BCUT2D eigenvalue weighted by Crippen LogP contribution is 2.24. The van der Waals surface area contributed by atoms with Crippen molar-refractivity contribution < 1.29 is 19.1 Å². The molecule has 0 bridgehead atoms. The maximum Gasteiger partial charge on any atom is 0.335 e. The highest BCUT2D eigenvalue weighted by molar-refractivity contribution is 6.32. The van der Waals surface area contributed by atoms with Crippen molar-refractivity contribution in [1.29, 1.82) is 0 Å². The van der Waals surface area contributed by atoms with Crippen LogP contribution in [0.4, 0.5) is 16.2 Å². The number of urea groups is 1. The van der Waals surface area contributed by atoms with Crippen molar-refractivity contribution in [1.82, 2.24) is 5.32 Å². The molecule has 1 atom stereocenters. The molecule has 0 spiro atoms. The third-order valence-corrected chi connectivity index (χ3v) is 3.98. The predicted molar refractivity (Wildman–Crippen MR) is 96.8 cm³/mol. The molecule has 1 aliphatic heterocycles. The summed E-state index contributed by atoms with van der Waals surface area (Å²) in [6.07, 6.45) is 1.24. The van der Waals surface area contributed by atoms with Gasteiger partial charge in [-0.2, -0.15) is 0 Å². The number of aliphatic imine (C=N–C) groups is 1. The largest absolute Gasteiger partial charge is 0.497 e. The Kier molecular flexibility index (Phi) is 4.79. The smallest absolute Gasteiger partial charge is 0.335 e. The summed E-state index contributed by atoms with van der Waals surface area (Å²) >= 11 is 0. The van der Waals surface area contributed by atoms with Crippen molar-refractivity contribution in [3.05, 3.63) is 54.1 Å². The number of para-hydroxylation sites is 1. The predicted octanol–water partition coefficient (Wildman–Crippen LogP) is 2.61. The zero-order chi connectivity index (χ0) is 18.7. The summed E-state index contributed by atoms with van der Waals surface area (Å²) in [6, 6.07) is 13.1. The van der Waals surface area contributed by atoms with E-state index in [4.69, 9.17) is 4.74 Å². The zero-order valence-electron chi connectivity index (χ0n) is 14.3. The Hall–Kier alpha value is -3.48. The van der Waals surface area contributed by atoms with Crippen LogP contribution >= 0.6 is 0 Å². The molecule has 7 heteroatoms. The van der Waals surface area contributed by atoms with Gasteiger partial charge >= 0.3 is 6.03 Å². The summed E-state index contributed by atoms with van der Waals surface area (Å²) < 4.78 is 5.12. The fourth-order valence-electron chi connectivity index (χ4n) is 2.62. The first-order valence-corrected chi connectivity index (χ1v) is 7.94. The standard InChI is InChI=1S/C19H17N3O4/c1-12-6-3-4-9-16(12)22-18(24)15(17(23)21-19(22)25)11-20-13-7-5-8-14(10-13)26-2/h3-11,15H,1-2H3,(H,21,23,25)/t15-/m1/s1. The Morgan fingerprint density at radius 3 is 2.62 bits per heavy atom. The fraction of sp³-hybridized carbons (Fsp3) is 0.158. The molecular weight excluding hydrogens is 334 g/mol. The number of benzene rings is 2. The minimum Gasteiger partial charge on any atom is -0.497 e. The topological polar surface area (TPSA) is 88.1 Å². The number of hydrogen-bond donors (Lipinski definition) is 1. The van der Waals surface area contributed by atoms with Crippen LogP contribution in [0, 0.1) is 12.8 Å². The van der Waals surface area contributed by atoms with Gasteiger partial charge in [0.25, 0.3) is 5.91 Å². The van der Waals surface area contributed by atoms with Gasteiger partial charge in [0.1, 0.15) is 5.75 Å². The Morgan fingerprint density at radius 1 is 1.12 bits per heavy atom. The fourth-order valence-corrected chi connectivity index (χ4v) is 2.62. The van der Waals surface area contributed by atoms with Crippen molar-refractivity contribution in [3.8, 4) is 5.75 Å². The lowest BCUT2D eigenvalue weighted by Crippen LogP contribution is -2.58. The number of nitrogens with zero attached hydrogens (tertiary/aromatic N) is 2. The quantitative estimate of drug-likeness (QED) is 0.677. The van der Waals surface area contributed by atoms with Crippen molar-refractivity contribution in [3.63, 3.8) is 0 Å². The van der Waals surface area contributed by atoms with Crippen LogP contribution < -0.4 is 15.0 Å². The van der Waals surface area contributed by atoms with E-state index in [0.29, 0.717) is 17.1 Å².